The van der Waals surface area contributed by atoms with Crippen molar-refractivity contribution in [3.05, 3.63) is 139 Å². The second-order valence-electron chi connectivity index (χ2n) is 11.1. The number of allylic oxidation sites excluding steroid dienone is 3. The number of aliphatic imine (C=N–C) groups is 1. The predicted octanol–water partition coefficient (Wildman–Crippen LogP) is 8.71. The Morgan fingerprint density at radius 1 is 0.738 bits per heavy atom. The highest BCUT2D eigenvalue weighted by Gasteiger charge is 2.45. The molecule has 6 aromatic rings. The summed E-state index contributed by atoms with van der Waals surface area (Å²) in [4.78, 5) is 7.53. The lowest BCUT2D eigenvalue weighted by atomic mass is 9.91. The van der Waals surface area contributed by atoms with Gasteiger partial charge in [0.15, 0.2) is 0 Å². The molecular formula is C38H30N4. The summed E-state index contributed by atoms with van der Waals surface area (Å²) in [6, 6.07) is 39.4. The third kappa shape index (κ3) is 3.80. The van der Waals surface area contributed by atoms with Crippen molar-refractivity contribution in [2.24, 2.45) is 4.99 Å². The second-order valence-corrected chi connectivity index (χ2v) is 11.1. The fourth-order valence-electron chi connectivity index (χ4n) is 6.77. The van der Waals surface area contributed by atoms with Gasteiger partial charge in [-0.3, -0.25) is 15.7 Å². The summed E-state index contributed by atoms with van der Waals surface area (Å²) >= 11 is 0. The number of anilines is 1. The number of rotatable bonds is 5. The van der Waals surface area contributed by atoms with E-state index in [2.05, 4.69) is 125 Å². The third-order valence-corrected chi connectivity index (χ3v) is 8.70. The van der Waals surface area contributed by atoms with Crippen molar-refractivity contribution in [3.63, 3.8) is 0 Å². The van der Waals surface area contributed by atoms with E-state index in [9.17, 15) is 0 Å². The maximum Gasteiger partial charge on any atom is 0.110 e. The van der Waals surface area contributed by atoms with Crippen LogP contribution in [-0.2, 0) is 0 Å². The predicted molar refractivity (Wildman–Crippen MR) is 178 cm³/mol. The smallest absolute Gasteiger partial charge is 0.110 e. The van der Waals surface area contributed by atoms with Gasteiger partial charge in [0.1, 0.15) is 18.4 Å². The van der Waals surface area contributed by atoms with E-state index in [0.29, 0.717) is 5.71 Å². The maximum atomic E-state index is 8.44. The van der Waals surface area contributed by atoms with Crippen molar-refractivity contribution in [1.29, 1.82) is 5.41 Å². The Kier molecular flexibility index (Phi) is 5.76. The summed E-state index contributed by atoms with van der Waals surface area (Å²) in [5.41, 5.74) is 3.61. The minimum atomic E-state index is -0.112. The molecule has 42 heavy (non-hydrogen) atoms. The highest BCUT2D eigenvalue weighted by atomic mass is 15.5. The van der Waals surface area contributed by atoms with E-state index in [0.717, 1.165) is 5.71 Å². The molecule has 0 spiro atoms. The Hall–Kier alpha value is -5.06. The Labute approximate surface area is 244 Å². The molecule has 1 saturated heterocycles. The fraction of sp³-hybridized carbons (Fsp3) is 0.105. The van der Waals surface area contributed by atoms with Crippen LogP contribution in [0.5, 0.6) is 0 Å². The molecule has 0 saturated carbocycles. The lowest BCUT2D eigenvalue weighted by Gasteiger charge is -2.53. The summed E-state index contributed by atoms with van der Waals surface area (Å²) in [7, 11) is 0. The number of fused-ring (bicyclic) bond motifs is 6. The summed E-state index contributed by atoms with van der Waals surface area (Å²) < 4.78 is 0. The minimum absolute atomic E-state index is 0.0447. The zero-order chi connectivity index (χ0) is 28.2. The number of nitrogens with one attached hydrogen (secondary N) is 2. The fourth-order valence-corrected chi connectivity index (χ4v) is 6.77. The molecule has 4 nitrogen and oxygen atoms in total. The lowest BCUT2D eigenvalue weighted by Crippen LogP contribution is -2.68. The molecule has 2 aliphatic heterocycles. The monoisotopic (exact) mass is 542 g/mol. The standard InChI is InChI=1S/C38H30N4/c1-2-11-33(39)34-20-21-35(40-34)38-41-37(32-22-24-12-3-5-14-26(24)28-16-7-8-18-30(28)32)42(38)36-23-25-13-4-6-15-27(25)29-17-9-10-19-31(29)36/h2-23,35,37-39,41H,1H3/b11-2-,39-33?. The number of hydrogen-bond acceptors (Lipinski definition) is 4. The van der Waals surface area contributed by atoms with Crippen molar-refractivity contribution >= 4 is 60.2 Å². The highest BCUT2D eigenvalue weighted by Crippen LogP contribution is 2.45. The average Bonchev–Trinajstić information content (AvgIpc) is 3.51. The summed E-state index contributed by atoms with van der Waals surface area (Å²) in [5.74, 6) is 0. The van der Waals surface area contributed by atoms with Gasteiger partial charge in [0, 0.05) is 11.1 Å². The summed E-state index contributed by atoms with van der Waals surface area (Å²) in [6.45, 7) is 1.93. The first-order chi connectivity index (χ1) is 20.7. The molecule has 0 aliphatic carbocycles. The average molecular weight is 543 g/mol. The molecule has 0 amide bonds. The van der Waals surface area contributed by atoms with Gasteiger partial charge in [-0.1, -0.05) is 109 Å². The molecule has 1 fully saturated rings. The van der Waals surface area contributed by atoms with Gasteiger partial charge in [0.25, 0.3) is 0 Å². The minimum Gasteiger partial charge on any atom is -0.333 e. The molecule has 0 radical (unpaired) electrons. The molecular weight excluding hydrogens is 512 g/mol. The van der Waals surface area contributed by atoms with Gasteiger partial charge in [0.05, 0.1) is 11.4 Å². The van der Waals surface area contributed by atoms with E-state index in [1.807, 2.05) is 19.1 Å². The molecule has 3 unspecified atom stereocenters. The van der Waals surface area contributed by atoms with E-state index in [-0.39, 0.29) is 18.4 Å². The van der Waals surface area contributed by atoms with Crippen molar-refractivity contribution in [2.45, 2.75) is 25.3 Å². The third-order valence-electron chi connectivity index (χ3n) is 8.70. The number of benzene rings is 6. The van der Waals surface area contributed by atoms with Gasteiger partial charge in [-0.2, -0.15) is 0 Å². The van der Waals surface area contributed by atoms with Crippen LogP contribution >= 0.6 is 0 Å². The van der Waals surface area contributed by atoms with Crippen molar-refractivity contribution in [2.75, 3.05) is 4.90 Å². The molecule has 2 aliphatic rings. The van der Waals surface area contributed by atoms with Gasteiger partial charge in [-0.05, 0) is 74.5 Å². The van der Waals surface area contributed by atoms with Gasteiger partial charge >= 0.3 is 0 Å². The van der Waals surface area contributed by atoms with Crippen LogP contribution in [0.3, 0.4) is 0 Å². The molecule has 202 valence electrons. The second kappa shape index (κ2) is 9.79. The van der Waals surface area contributed by atoms with Crippen LogP contribution in [0.25, 0.3) is 43.1 Å². The first kappa shape index (κ1) is 24.7. The van der Waals surface area contributed by atoms with Gasteiger partial charge in [0.2, 0.25) is 0 Å². The van der Waals surface area contributed by atoms with Crippen LogP contribution in [0, 0.1) is 5.41 Å². The number of nitrogens with zero attached hydrogens (tertiary/aromatic N) is 2. The van der Waals surface area contributed by atoms with Crippen molar-refractivity contribution in [3.8, 4) is 0 Å². The van der Waals surface area contributed by atoms with Crippen LogP contribution in [-0.4, -0.2) is 23.6 Å². The molecule has 2 N–H and O–H groups in total. The van der Waals surface area contributed by atoms with E-state index in [4.69, 9.17) is 10.4 Å². The van der Waals surface area contributed by atoms with Crippen molar-refractivity contribution < 1.29 is 0 Å². The molecule has 8 rings (SSSR count). The van der Waals surface area contributed by atoms with Crippen LogP contribution < -0.4 is 10.2 Å². The zero-order valence-corrected chi connectivity index (χ0v) is 23.3. The Morgan fingerprint density at radius 3 is 2.00 bits per heavy atom. The molecule has 4 heteroatoms. The zero-order valence-electron chi connectivity index (χ0n) is 23.3. The van der Waals surface area contributed by atoms with Gasteiger partial charge in [-0.15, -0.1) is 0 Å². The van der Waals surface area contributed by atoms with Crippen molar-refractivity contribution in [1.82, 2.24) is 5.32 Å². The van der Waals surface area contributed by atoms with E-state index < -0.39 is 0 Å². The van der Waals surface area contributed by atoms with Gasteiger partial charge in [-0.25, -0.2) is 0 Å². The van der Waals surface area contributed by atoms with Crippen LogP contribution in [0.2, 0.25) is 0 Å². The van der Waals surface area contributed by atoms with E-state index >= 15 is 0 Å². The highest BCUT2D eigenvalue weighted by molar-refractivity contribution is 6.49. The van der Waals surface area contributed by atoms with E-state index in [1.165, 1.54) is 54.3 Å². The molecule has 0 aromatic heterocycles. The normalized spacial score (nSPS) is 20.2. The van der Waals surface area contributed by atoms with Crippen LogP contribution in [0.15, 0.2) is 138 Å². The van der Waals surface area contributed by atoms with E-state index in [1.54, 1.807) is 6.08 Å². The maximum absolute atomic E-state index is 8.44. The lowest BCUT2D eigenvalue weighted by molar-refractivity contribution is 0.257. The Bertz CT molecular complexity index is 2140. The Morgan fingerprint density at radius 2 is 1.31 bits per heavy atom. The summed E-state index contributed by atoms with van der Waals surface area (Å²) in [6.07, 6.45) is 7.72. The molecule has 6 aromatic carbocycles. The largest absolute Gasteiger partial charge is 0.333 e. The SMILES string of the molecule is C/C=C\C(=N)C1=NC(C2NC(c3cc4ccccc4c4ccccc34)N2c2cc3ccccc3c3ccccc23)C=C1. The molecule has 2 heterocycles. The quantitative estimate of drug-likeness (QED) is 0.169. The topological polar surface area (TPSA) is 51.5 Å². The first-order valence-electron chi connectivity index (χ1n) is 14.5. The van der Waals surface area contributed by atoms with Crippen LogP contribution in [0.1, 0.15) is 18.7 Å². The summed E-state index contributed by atoms with van der Waals surface area (Å²) in [5, 5.41) is 22.4. The van der Waals surface area contributed by atoms with Gasteiger partial charge < -0.3 is 4.90 Å². The molecule has 3 atom stereocenters. The van der Waals surface area contributed by atoms with Crippen LogP contribution in [0.4, 0.5) is 5.69 Å². The first-order valence-corrected chi connectivity index (χ1v) is 14.5. The molecule has 0 bridgehead atoms. The number of hydrogen-bond donors (Lipinski definition) is 2. The Balaban J connectivity index is 1.34.